The molecule has 0 bridgehead atoms. The normalized spacial score (nSPS) is 12.3. The molecular formula is C19H24N4O6. The fourth-order valence-corrected chi connectivity index (χ4v) is 2.50. The number of hydrogen-bond acceptors (Lipinski definition) is 6. The van der Waals surface area contributed by atoms with Gasteiger partial charge >= 0.3 is 17.8 Å². The first-order valence-electron chi connectivity index (χ1n) is 8.86. The number of amides is 1. The molecule has 0 fully saturated rings. The van der Waals surface area contributed by atoms with Crippen LogP contribution in [-0.2, 0) is 23.0 Å². The van der Waals surface area contributed by atoms with E-state index in [1.807, 2.05) is 0 Å². The summed E-state index contributed by atoms with van der Waals surface area (Å²) in [5.74, 6) is -1.12. The summed E-state index contributed by atoms with van der Waals surface area (Å²) in [6, 6.07) is 3.08. The topological polar surface area (TPSA) is 133 Å². The van der Waals surface area contributed by atoms with Crippen molar-refractivity contribution in [2.75, 3.05) is 0 Å². The number of carboxylic acids is 1. The number of carbonyl (C=O) groups is 2. The number of alkyl carbamates (subject to hydrolysis) is 1. The van der Waals surface area contributed by atoms with Gasteiger partial charge in [0.25, 0.3) is 5.56 Å². The molecule has 2 rings (SSSR count). The SMILES string of the molecule is Cc1cc(=O)n(-c2ccc(C[C@H](NC(=O)OC(C)(C)C)C(=O)O)cn2)c(=O)n1C. The van der Waals surface area contributed by atoms with Gasteiger partial charge in [-0.25, -0.2) is 23.9 Å². The standard InChI is InChI=1S/C19H24N4O6/c1-11-8-15(24)23(18(28)22(11)5)14-7-6-12(10-20-14)9-13(16(25)26)21-17(27)29-19(2,3)4/h6-8,10,13H,9H2,1-5H3,(H,21,27)(H,25,26)/t13-/m0/s1. The second-order valence-corrected chi connectivity index (χ2v) is 7.57. The molecule has 2 aromatic rings. The monoisotopic (exact) mass is 404 g/mol. The molecule has 0 radical (unpaired) electrons. The average molecular weight is 404 g/mol. The van der Waals surface area contributed by atoms with Crippen molar-refractivity contribution in [2.45, 2.75) is 45.8 Å². The van der Waals surface area contributed by atoms with Gasteiger partial charge in [-0.2, -0.15) is 0 Å². The fraction of sp³-hybridized carbons (Fsp3) is 0.421. The van der Waals surface area contributed by atoms with Crippen LogP contribution in [0.3, 0.4) is 0 Å². The van der Waals surface area contributed by atoms with Crippen LogP contribution in [0.4, 0.5) is 4.79 Å². The van der Waals surface area contributed by atoms with Gasteiger partial charge in [-0.1, -0.05) is 6.07 Å². The molecule has 156 valence electrons. The number of hydrogen-bond donors (Lipinski definition) is 2. The summed E-state index contributed by atoms with van der Waals surface area (Å²) in [5.41, 5.74) is -0.796. The molecule has 0 aliphatic carbocycles. The van der Waals surface area contributed by atoms with Crippen molar-refractivity contribution in [3.8, 4) is 5.82 Å². The van der Waals surface area contributed by atoms with Gasteiger partial charge in [0.15, 0.2) is 0 Å². The van der Waals surface area contributed by atoms with Crippen molar-refractivity contribution in [3.63, 3.8) is 0 Å². The van der Waals surface area contributed by atoms with Crippen LogP contribution in [0.25, 0.3) is 5.82 Å². The molecule has 1 amide bonds. The maximum absolute atomic E-state index is 12.3. The Kier molecular flexibility index (Phi) is 6.25. The van der Waals surface area contributed by atoms with Gasteiger partial charge in [0.05, 0.1) is 0 Å². The molecule has 0 aromatic carbocycles. The first-order valence-corrected chi connectivity index (χ1v) is 8.86. The Hall–Kier alpha value is -3.43. The molecule has 0 spiro atoms. The van der Waals surface area contributed by atoms with E-state index in [0.717, 1.165) is 4.57 Å². The van der Waals surface area contributed by atoms with Gasteiger partial charge in [0, 0.05) is 31.4 Å². The Bertz CT molecular complexity index is 1030. The minimum Gasteiger partial charge on any atom is -0.480 e. The number of carbonyl (C=O) groups excluding carboxylic acids is 1. The highest BCUT2D eigenvalue weighted by Gasteiger charge is 2.24. The highest BCUT2D eigenvalue weighted by molar-refractivity contribution is 5.80. The molecule has 29 heavy (non-hydrogen) atoms. The summed E-state index contributed by atoms with van der Waals surface area (Å²) < 4.78 is 7.32. The molecule has 2 heterocycles. The van der Waals surface area contributed by atoms with E-state index in [4.69, 9.17) is 4.74 Å². The average Bonchev–Trinajstić information content (AvgIpc) is 2.59. The van der Waals surface area contributed by atoms with Crippen molar-refractivity contribution in [1.29, 1.82) is 0 Å². The second kappa shape index (κ2) is 8.29. The van der Waals surface area contributed by atoms with Gasteiger partial charge in [-0.05, 0) is 39.3 Å². The molecule has 1 atom stereocenters. The van der Waals surface area contributed by atoms with E-state index in [1.54, 1.807) is 40.8 Å². The Labute approximate surface area is 166 Å². The van der Waals surface area contributed by atoms with Crippen molar-refractivity contribution in [2.24, 2.45) is 7.05 Å². The number of aliphatic carboxylic acids is 1. The van der Waals surface area contributed by atoms with E-state index >= 15 is 0 Å². The third kappa shape index (κ3) is 5.53. The van der Waals surface area contributed by atoms with Gasteiger partial charge in [0.2, 0.25) is 0 Å². The summed E-state index contributed by atoms with van der Waals surface area (Å²) in [5, 5.41) is 11.7. The molecule has 0 aliphatic rings. The predicted octanol–water partition coefficient (Wildman–Crippen LogP) is 0.760. The molecule has 0 saturated carbocycles. The minimum atomic E-state index is -1.23. The second-order valence-electron chi connectivity index (χ2n) is 7.57. The third-order valence-corrected chi connectivity index (χ3v) is 4.03. The predicted molar refractivity (Wildman–Crippen MR) is 104 cm³/mol. The molecule has 2 N–H and O–H groups in total. The first-order chi connectivity index (χ1) is 13.4. The van der Waals surface area contributed by atoms with Crippen LogP contribution < -0.4 is 16.6 Å². The highest BCUT2D eigenvalue weighted by Crippen LogP contribution is 2.09. The van der Waals surface area contributed by atoms with E-state index in [2.05, 4.69) is 10.3 Å². The van der Waals surface area contributed by atoms with Crippen LogP contribution in [0.1, 0.15) is 32.0 Å². The largest absolute Gasteiger partial charge is 0.480 e. The van der Waals surface area contributed by atoms with Gasteiger partial charge in [-0.15, -0.1) is 0 Å². The van der Waals surface area contributed by atoms with Crippen LogP contribution >= 0.6 is 0 Å². The molecule has 0 saturated heterocycles. The smallest absolute Gasteiger partial charge is 0.408 e. The lowest BCUT2D eigenvalue weighted by atomic mass is 10.1. The highest BCUT2D eigenvalue weighted by atomic mass is 16.6. The van der Waals surface area contributed by atoms with Crippen molar-refractivity contribution in [1.82, 2.24) is 19.4 Å². The molecule has 2 aromatic heterocycles. The third-order valence-electron chi connectivity index (χ3n) is 4.03. The van der Waals surface area contributed by atoms with Gasteiger partial charge < -0.3 is 19.7 Å². The summed E-state index contributed by atoms with van der Waals surface area (Å²) in [6.45, 7) is 6.65. The number of rotatable bonds is 5. The zero-order valence-electron chi connectivity index (χ0n) is 16.9. The molecule has 10 nitrogen and oxygen atoms in total. The van der Waals surface area contributed by atoms with Crippen LogP contribution in [0.15, 0.2) is 34.0 Å². The van der Waals surface area contributed by atoms with E-state index < -0.39 is 35.0 Å². The number of pyridine rings is 1. The quantitative estimate of drug-likeness (QED) is 0.752. The maximum Gasteiger partial charge on any atom is 0.408 e. The summed E-state index contributed by atoms with van der Waals surface area (Å²) >= 11 is 0. The minimum absolute atomic E-state index is 0.0529. The summed E-state index contributed by atoms with van der Waals surface area (Å²) in [7, 11) is 1.54. The molecule has 10 heteroatoms. The summed E-state index contributed by atoms with van der Waals surface area (Å²) in [6.07, 6.45) is 0.459. The lowest BCUT2D eigenvalue weighted by Gasteiger charge is -2.22. The molecule has 0 unspecified atom stereocenters. The number of ether oxygens (including phenoxy) is 1. The van der Waals surface area contributed by atoms with E-state index in [1.165, 1.54) is 22.9 Å². The van der Waals surface area contributed by atoms with E-state index in [0.29, 0.717) is 11.3 Å². The molecule has 0 aliphatic heterocycles. The Morgan fingerprint density at radius 1 is 1.28 bits per heavy atom. The zero-order chi connectivity index (χ0) is 21.9. The Balaban J connectivity index is 2.23. The van der Waals surface area contributed by atoms with Crippen LogP contribution in [-0.4, -0.2) is 42.9 Å². The van der Waals surface area contributed by atoms with E-state index in [-0.39, 0.29) is 12.2 Å². The van der Waals surface area contributed by atoms with Gasteiger partial charge in [-0.3, -0.25) is 4.79 Å². The maximum atomic E-state index is 12.3. The number of nitrogens with one attached hydrogen (secondary N) is 1. The van der Waals surface area contributed by atoms with Crippen molar-refractivity contribution < 1.29 is 19.4 Å². The summed E-state index contributed by atoms with van der Waals surface area (Å²) in [4.78, 5) is 51.9. The van der Waals surface area contributed by atoms with Crippen LogP contribution in [0, 0.1) is 6.92 Å². The van der Waals surface area contributed by atoms with Crippen molar-refractivity contribution in [3.05, 3.63) is 56.5 Å². The fourth-order valence-electron chi connectivity index (χ4n) is 2.50. The van der Waals surface area contributed by atoms with E-state index in [9.17, 15) is 24.3 Å². The number of nitrogens with zero attached hydrogens (tertiary/aromatic N) is 3. The number of carboxylic acid groups (broad SMARTS) is 1. The number of aryl methyl sites for hydroxylation is 1. The molecular weight excluding hydrogens is 380 g/mol. The zero-order valence-corrected chi connectivity index (χ0v) is 16.9. The lowest BCUT2D eigenvalue weighted by molar-refractivity contribution is -0.139. The van der Waals surface area contributed by atoms with Crippen molar-refractivity contribution >= 4 is 12.1 Å². The number of aromatic nitrogens is 3. The van der Waals surface area contributed by atoms with Crippen LogP contribution in [0.5, 0.6) is 0 Å². The Morgan fingerprint density at radius 2 is 1.93 bits per heavy atom. The first kappa shape index (κ1) is 21.9. The van der Waals surface area contributed by atoms with Gasteiger partial charge in [0.1, 0.15) is 17.5 Å². The lowest BCUT2D eigenvalue weighted by Crippen LogP contribution is -2.44. The van der Waals surface area contributed by atoms with Crippen LogP contribution in [0.2, 0.25) is 0 Å². The Morgan fingerprint density at radius 3 is 2.45 bits per heavy atom.